The third kappa shape index (κ3) is 3.81. The summed E-state index contributed by atoms with van der Waals surface area (Å²) < 4.78 is 0. The van der Waals surface area contributed by atoms with Crippen LogP contribution in [0, 0.1) is 6.92 Å². The molecule has 3 N–H and O–H groups in total. The monoisotopic (exact) mass is 269 g/mol. The van der Waals surface area contributed by atoms with E-state index in [9.17, 15) is 0 Å². The maximum absolute atomic E-state index is 6.03. The van der Waals surface area contributed by atoms with E-state index in [0.717, 1.165) is 24.9 Å². The highest BCUT2D eigenvalue weighted by atomic mass is 14.9. The van der Waals surface area contributed by atoms with Crippen LogP contribution in [0.3, 0.4) is 0 Å². The van der Waals surface area contributed by atoms with E-state index in [1.807, 2.05) is 6.07 Å². The fraction of sp³-hybridized carbons (Fsp3) is 0.353. The number of rotatable bonds is 6. The molecule has 0 aliphatic rings. The van der Waals surface area contributed by atoms with Crippen molar-refractivity contribution in [2.45, 2.75) is 32.7 Å². The predicted molar refractivity (Wildman–Crippen MR) is 84.6 cm³/mol. The highest BCUT2D eigenvalue weighted by Crippen LogP contribution is 2.22. The van der Waals surface area contributed by atoms with Crippen molar-refractivity contribution in [1.29, 1.82) is 0 Å². The summed E-state index contributed by atoms with van der Waals surface area (Å²) in [5, 5.41) is 3.57. The maximum atomic E-state index is 6.03. The van der Waals surface area contributed by atoms with Crippen LogP contribution in [0.4, 0.5) is 5.82 Å². The number of anilines is 1. The number of nitrogens with two attached hydrogens (primary N) is 1. The Balaban J connectivity index is 2.22. The number of aryl methyl sites for hydroxylation is 1. The zero-order chi connectivity index (χ0) is 14.4. The van der Waals surface area contributed by atoms with Gasteiger partial charge in [0.05, 0.1) is 0 Å². The molecule has 2 aromatic rings. The number of nitrogens with zero attached hydrogens (tertiary/aromatic N) is 1. The number of pyridine rings is 1. The molecule has 0 aliphatic heterocycles. The molecule has 0 amide bonds. The van der Waals surface area contributed by atoms with Crippen molar-refractivity contribution in [3.8, 4) is 0 Å². The lowest BCUT2D eigenvalue weighted by atomic mass is 9.98. The van der Waals surface area contributed by atoms with E-state index in [1.54, 1.807) is 6.20 Å². The minimum atomic E-state index is 0.213. The Bertz CT molecular complexity index is 551. The van der Waals surface area contributed by atoms with Crippen molar-refractivity contribution in [2.24, 2.45) is 0 Å². The fourth-order valence-electron chi connectivity index (χ4n) is 2.41. The molecule has 0 spiro atoms. The summed E-state index contributed by atoms with van der Waals surface area (Å²) in [5.41, 5.74) is 9.72. The van der Waals surface area contributed by atoms with E-state index >= 15 is 0 Å². The molecule has 1 unspecified atom stereocenters. The average Bonchev–Trinajstić information content (AvgIpc) is 2.44. The molecule has 3 nitrogen and oxygen atoms in total. The molecule has 0 aliphatic carbocycles. The van der Waals surface area contributed by atoms with Crippen LogP contribution in [0.5, 0.6) is 0 Å². The van der Waals surface area contributed by atoms with Crippen LogP contribution in [0.15, 0.2) is 42.6 Å². The Labute approximate surface area is 121 Å². The van der Waals surface area contributed by atoms with Crippen molar-refractivity contribution < 1.29 is 0 Å². The van der Waals surface area contributed by atoms with Gasteiger partial charge in [0.2, 0.25) is 0 Å². The van der Waals surface area contributed by atoms with Crippen LogP contribution in [0.25, 0.3) is 0 Å². The van der Waals surface area contributed by atoms with Gasteiger partial charge in [0.1, 0.15) is 5.82 Å². The van der Waals surface area contributed by atoms with Gasteiger partial charge in [0.25, 0.3) is 0 Å². The van der Waals surface area contributed by atoms with Gasteiger partial charge in [0.15, 0.2) is 0 Å². The molecule has 1 heterocycles. The molecule has 1 aromatic heterocycles. The summed E-state index contributed by atoms with van der Waals surface area (Å²) >= 11 is 0. The Morgan fingerprint density at radius 3 is 2.80 bits per heavy atom. The van der Waals surface area contributed by atoms with Gasteiger partial charge in [-0.3, -0.25) is 0 Å². The fourth-order valence-corrected chi connectivity index (χ4v) is 2.41. The zero-order valence-corrected chi connectivity index (χ0v) is 12.3. The van der Waals surface area contributed by atoms with Crippen molar-refractivity contribution in [1.82, 2.24) is 10.3 Å². The van der Waals surface area contributed by atoms with Crippen LogP contribution in [0.1, 0.15) is 36.1 Å². The second-order valence-electron chi connectivity index (χ2n) is 5.18. The first-order valence-corrected chi connectivity index (χ1v) is 7.20. The van der Waals surface area contributed by atoms with E-state index in [4.69, 9.17) is 5.73 Å². The highest BCUT2D eigenvalue weighted by Gasteiger charge is 2.14. The molecule has 0 radical (unpaired) electrons. The molecular formula is C17H23N3. The Morgan fingerprint density at radius 1 is 1.25 bits per heavy atom. The second-order valence-corrected chi connectivity index (χ2v) is 5.18. The lowest BCUT2D eigenvalue weighted by molar-refractivity contribution is 0.529. The Morgan fingerprint density at radius 2 is 2.10 bits per heavy atom. The lowest BCUT2D eigenvalue weighted by Gasteiger charge is -2.20. The zero-order valence-electron chi connectivity index (χ0n) is 12.3. The van der Waals surface area contributed by atoms with E-state index in [-0.39, 0.29) is 6.04 Å². The number of nitrogens with one attached hydrogen (secondary N) is 1. The Hall–Kier alpha value is -1.87. The molecular weight excluding hydrogens is 246 g/mol. The molecule has 1 atom stereocenters. The maximum Gasteiger partial charge on any atom is 0.128 e. The highest BCUT2D eigenvalue weighted by molar-refractivity contribution is 5.41. The molecule has 3 heteroatoms. The minimum absolute atomic E-state index is 0.213. The first-order chi connectivity index (χ1) is 9.70. The first kappa shape index (κ1) is 14.5. The minimum Gasteiger partial charge on any atom is -0.383 e. The van der Waals surface area contributed by atoms with Crippen LogP contribution in [0.2, 0.25) is 0 Å². The molecule has 0 saturated carbocycles. The van der Waals surface area contributed by atoms with Gasteiger partial charge in [-0.25, -0.2) is 4.98 Å². The predicted octanol–water partition coefficient (Wildman–Crippen LogP) is 3.26. The molecule has 0 bridgehead atoms. The van der Waals surface area contributed by atoms with E-state index < -0.39 is 0 Å². The van der Waals surface area contributed by atoms with Crippen molar-refractivity contribution >= 4 is 5.82 Å². The third-order valence-electron chi connectivity index (χ3n) is 3.41. The standard InChI is InChI=1S/C17H23N3/c1-3-9-19-16(15-8-5-10-20-17(15)18)12-14-7-4-6-13(2)11-14/h4-8,10-11,16,19H,3,9,12H2,1-2H3,(H2,18,20). The van der Waals surface area contributed by atoms with Crippen molar-refractivity contribution in [3.05, 3.63) is 59.3 Å². The lowest BCUT2D eigenvalue weighted by Crippen LogP contribution is -2.25. The van der Waals surface area contributed by atoms with Gasteiger partial charge in [-0.05, 0) is 37.9 Å². The molecule has 0 saturated heterocycles. The van der Waals surface area contributed by atoms with Crippen molar-refractivity contribution in [3.63, 3.8) is 0 Å². The van der Waals surface area contributed by atoms with E-state index in [2.05, 4.69) is 54.5 Å². The van der Waals surface area contributed by atoms with Crippen LogP contribution in [-0.2, 0) is 6.42 Å². The summed E-state index contributed by atoms with van der Waals surface area (Å²) in [7, 11) is 0. The largest absolute Gasteiger partial charge is 0.383 e. The normalized spacial score (nSPS) is 12.3. The topological polar surface area (TPSA) is 50.9 Å². The molecule has 20 heavy (non-hydrogen) atoms. The number of hydrogen-bond donors (Lipinski definition) is 2. The van der Waals surface area contributed by atoms with Gasteiger partial charge < -0.3 is 11.1 Å². The van der Waals surface area contributed by atoms with Gasteiger partial charge in [0, 0.05) is 17.8 Å². The van der Waals surface area contributed by atoms with E-state index in [0.29, 0.717) is 5.82 Å². The molecule has 106 valence electrons. The van der Waals surface area contributed by atoms with Crippen LogP contribution >= 0.6 is 0 Å². The van der Waals surface area contributed by atoms with Crippen LogP contribution < -0.4 is 11.1 Å². The van der Waals surface area contributed by atoms with E-state index in [1.165, 1.54) is 11.1 Å². The number of benzene rings is 1. The van der Waals surface area contributed by atoms with Gasteiger partial charge >= 0.3 is 0 Å². The summed E-state index contributed by atoms with van der Waals surface area (Å²) in [5.74, 6) is 0.619. The van der Waals surface area contributed by atoms with Gasteiger partial charge in [-0.15, -0.1) is 0 Å². The summed E-state index contributed by atoms with van der Waals surface area (Å²) in [6, 6.07) is 12.8. The number of nitrogen functional groups attached to an aromatic ring is 1. The summed E-state index contributed by atoms with van der Waals surface area (Å²) in [6.45, 7) is 5.27. The average molecular weight is 269 g/mol. The molecule has 0 fully saturated rings. The third-order valence-corrected chi connectivity index (χ3v) is 3.41. The summed E-state index contributed by atoms with van der Waals surface area (Å²) in [6.07, 6.45) is 3.77. The SMILES string of the molecule is CCCNC(Cc1cccc(C)c1)c1cccnc1N. The Kier molecular flexibility index (Phi) is 5.13. The molecule has 2 rings (SSSR count). The summed E-state index contributed by atoms with van der Waals surface area (Å²) in [4.78, 5) is 4.21. The number of hydrogen-bond acceptors (Lipinski definition) is 3. The van der Waals surface area contributed by atoms with Crippen molar-refractivity contribution in [2.75, 3.05) is 12.3 Å². The second kappa shape index (κ2) is 7.06. The molecule has 1 aromatic carbocycles. The first-order valence-electron chi connectivity index (χ1n) is 7.20. The number of aromatic nitrogens is 1. The quantitative estimate of drug-likeness (QED) is 0.846. The van der Waals surface area contributed by atoms with Gasteiger partial charge in [-0.1, -0.05) is 42.8 Å². The van der Waals surface area contributed by atoms with Gasteiger partial charge in [-0.2, -0.15) is 0 Å². The smallest absolute Gasteiger partial charge is 0.128 e. The van der Waals surface area contributed by atoms with Crippen LogP contribution in [-0.4, -0.2) is 11.5 Å².